The largest absolute Gasteiger partial charge is 0.480 e. The highest BCUT2D eigenvalue weighted by atomic mass is 35.5. The maximum Gasteiger partial charge on any atom is 0.345 e. The van der Waals surface area contributed by atoms with E-state index in [2.05, 4.69) is 23.0 Å². The summed E-state index contributed by atoms with van der Waals surface area (Å²) in [5.41, 5.74) is 2.62. The minimum Gasteiger partial charge on any atom is -0.480 e. The summed E-state index contributed by atoms with van der Waals surface area (Å²) in [4.78, 5) is 62.0. The van der Waals surface area contributed by atoms with Crippen LogP contribution in [0, 0.1) is 17.0 Å². The molecule has 280 valence electrons. The minimum atomic E-state index is -4.10. The maximum absolute atomic E-state index is 12.2. The van der Waals surface area contributed by atoms with Crippen molar-refractivity contribution in [2.45, 2.75) is 33.2 Å². The number of nitro groups is 1. The topological polar surface area (TPSA) is 215 Å². The van der Waals surface area contributed by atoms with Gasteiger partial charge in [-0.05, 0) is 55.7 Å². The number of aliphatic carboxylic acids is 1. The third-order valence-corrected chi connectivity index (χ3v) is 7.86. The van der Waals surface area contributed by atoms with Gasteiger partial charge in [-0.2, -0.15) is 0 Å². The third kappa shape index (κ3) is 15.6. The normalized spacial score (nSPS) is 11.2. The van der Waals surface area contributed by atoms with Gasteiger partial charge < -0.3 is 34.0 Å². The number of carbonyl (C=O) groups excluding carboxylic acids is 2. The van der Waals surface area contributed by atoms with Crippen molar-refractivity contribution in [3.05, 3.63) is 91.4 Å². The molecule has 3 aromatic carbocycles. The van der Waals surface area contributed by atoms with E-state index in [0.29, 0.717) is 17.4 Å². The number of methoxy groups -OCH3 is 2. The van der Waals surface area contributed by atoms with Crippen molar-refractivity contribution in [2.75, 3.05) is 44.4 Å². The van der Waals surface area contributed by atoms with Crippen molar-refractivity contribution in [1.82, 2.24) is 5.32 Å². The molecule has 3 aromatic rings. The van der Waals surface area contributed by atoms with Gasteiger partial charge in [0.15, 0.2) is 0 Å². The maximum atomic E-state index is 12.2. The molecule has 0 fully saturated rings. The Morgan fingerprint density at radius 2 is 1.75 bits per heavy atom. The zero-order valence-electron chi connectivity index (χ0n) is 28.3. The Bertz CT molecular complexity index is 1710. The Kier molecular flexibility index (Phi) is 19.7. The number of nitrogens with zero attached hydrogens (tertiary/aromatic N) is 2. The first-order valence-electron chi connectivity index (χ1n) is 14.8. The molecule has 0 bridgehead atoms. The molecular weight excluding hydrogens is 756 g/mol. The van der Waals surface area contributed by atoms with E-state index in [1.807, 2.05) is 26.0 Å². The number of ether oxygens (including phenoxy) is 3. The molecule has 0 heterocycles. The van der Waals surface area contributed by atoms with E-state index >= 15 is 0 Å². The molecule has 1 amide bonds. The molecule has 15 nitrogen and oxygen atoms in total. The number of halogens is 3. The van der Waals surface area contributed by atoms with E-state index in [1.54, 1.807) is 24.1 Å². The standard InChI is InChI=1S/C15H22ClNO2.C14H9Cl2NO5.C3H8NO5P/c1-5-13-8-6-7-11(2)15(13)17(14(18)9-16)12(3)10-19-4;1-21-14(18)10-7-9(3-4-12(10)17(19)20)22-13-5-2-8(15)6-11(13)16;5-3(6)1-4-2-10(7,8)9/h6-8,12H,5,9-10H2,1-4H3;2-7H,1H3;4H,1-2H2,(H,5,6)(H2,7,8,9). The smallest absolute Gasteiger partial charge is 0.345 e. The molecule has 0 saturated carbocycles. The number of esters is 1. The summed E-state index contributed by atoms with van der Waals surface area (Å²) >= 11 is 17.5. The summed E-state index contributed by atoms with van der Waals surface area (Å²) in [5, 5.41) is 21.7. The molecule has 0 spiro atoms. The summed E-state index contributed by atoms with van der Waals surface area (Å²) < 4.78 is 25.3. The highest BCUT2D eigenvalue weighted by Crippen LogP contribution is 2.34. The molecule has 4 N–H and O–H groups in total. The molecule has 0 aliphatic rings. The predicted molar refractivity (Wildman–Crippen MR) is 194 cm³/mol. The van der Waals surface area contributed by atoms with Crippen LogP contribution >= 0.6 is 42.4 Å². The Morgan fingerprint density at radius 3 is 2.25 bits per heavy atom. The van der Waals surface area contributed by atoms with Crippen molar-refractivity contribution in [3.8, 4) is 11.5 Å². The molecule has 3 rings (SSSR count). The minimum absolute atomic E-state index is 0.0223. The zero-order chi connectivity index (χ0) is 38.9. The first-order valence-corrected chi connectivity index (χ1v) is 17.9. The number of aryl methyl sites for hydroxylation is 2. The monoisotopic (exact) mass is 793 g/mol. The summed E-state index contributed by atoms with van der Waals surface area (Å²) in [6, 6.07) is 14.4. The third-order valence-electron chi connectivity index (χ3n) is 6.46. The number of hydrogen-bond acceptors (Lipinski definition) is 10. The Hall–Kier alpha value is -3.79. The van der Waals surface area contributed by atoms with Gasteiger partial charge in [0.1, 0.15) is 22.9 Å². The van der Waals surface area contributed by atoms with Crippen LogP contribution in [0.1, 0.15) is 35.3 Å². The van der Waals surface area contributed by atoms with E-state index in [4.69, 9.17) is 59.2 Å². The van der Waals surface area contributed by atoms with Gasteiger partial charge in [0.2, 0.25) is 5.91 Å². The molecule has 0 aromatic heterocycles. The van der Waals surface area contributed by atoms with Gasteiger partial charge in [0, 0.05) is 24.3 Å². The number of amides is 1. The fraction of sp³-hybridized carbons (Fsp3) is 0.344. The summed E-state index contributed by atoms with van der Waals surface area (Å²) in [5.74, 6) is -1.58. The van der Waals surface area contributed by atoms with Crippen LogP contribution in [0.25, 0.3) is 0 Å². The van der Waals surface area contributed by atoms with Gasteiger partial charge in [-0.15, -0.1) is 11.6 Å². The van der Waals surface area contributed by atoms with Crippen LogP contribution in [0.4, 0.5) is 11.4 Å². The summed E-state index contributed by atoms with van der Waals surface area (Å²) in [6.07, 6.45) is 0.280. The molecule has 0 aliphatic carbocycles. The fourth-order valence-corrected chi connectivity index (χ4v) is 5.30. The molecule has 19 heteroatoms. The fourth-order valence-electron chi connectivity index (χ4n) is 4.33. The van der Waals surface area contributed by atoms with Crippen molar-refractivity contribution in [1.29, 1.82) is 0 Å². The lowest BCUT2D eigenvalue weighted by atomic mass is 10.0. The summed E-state index contributed by atoms with van der Waals surface area (Å²) in [7, 11) is -1.32. The number of nitrogens with one attached hydrogen (secondary N) is 1. The number of benzene rings is 3. The van der Waals surface area contributed by atoms with Crippen molar-refractivity contribution >= 4 is 71.6 Å². The second kappa shape index (κ2) is 22.2. The molecule has 51 heavy (non-hydrogen) atoms. The number of hydrogen-bond donors (Lipinski definition) is 4. The lowest BCUT2D eigenvalue weighted by Crippen LogP contribution is -2.43. The molecule has 0 saturated heterocycles. The van der Waals surface area contributed by atoms with Crippen LogP contribution in [0.3, 0.4) is 0 Å². The first-order chi connectivity index (χ1) is 23.9. The second-order valence-corrected chi connectivity index (χ2v) is 13.1. The number of carbonyl (C=O) groups is 3. The molecule has 0 aliphatic heterocycles. The number of carboxylic acids is 1. The lowest BCUT2D eigenvalue weighted by Gasteiger charge is -2.31. The van der Waals surface area contributed by atoms with Crippen molar-refractivity contribution in [3.63, 3.8) is 0 Å². The first kappa shape index (κ1) is 45.2. The highest BCUT2D eigenvalue weighted by Gasteiger charge is 2.25. The number of para-hydroxylation sites is 1. The quantitative estimate of drug-likeness (QED) is 0.0455. The SMILES string of the molecule is CCc1cccc(C)c1N(C(=O)CCl)C(C)COC.COC(=O)c1cc(Oc2ccc(Cl)cc2Cl)ccc1[N+](=O)[O-].O=C(O)CNCP(=O)(O)O. The van der Waals surface area contributed by atoms with Gasteiger partial charge in [0.25, 0.3) is 5.69 Å². The second-order valence-electron chi connectivity index (χ2n) is 10.4. The summed E-state index contributed by atoms with van der Waals surface area (Å²) in [6.45, 7) is 6.12. The van der Waals surface area contributed by atoms with Gasteiger partial charge in [-0.1, -0.05) is 48.3 Å². The van der Waals surface area contributed by atoms with Crippen LogP contribution in [0.2, 0.25) is 10.0 Å². The number of carboxylic acid groups (broad SMARTS) is 1. The van der Waals surface area contributed by atoms with Crippen LogP contribution in [-0.2, 0) is 30.0 Å². The molecular formula is C32H39Cl3N3O12P. The average molecular weight is 795 g/mol. The Labute approximate surface area is 309 Å². The van der Waals surface area contributed by atoms with Crippen LogP contribution < -0.4 is 15.0 Å². The van der Waals surface area contributed by atoms with Crippen LogP contribution in [0.5, 0.6) is 11.5 Å². The van der Waals surface area contributed by atoms with Crippen molar-refractivity contribution < 1.29 is 53.0 Å². The van der Waals surface area contributed by atoms with Crippen LogP contribution in [-0.4, -0.2) is 83.2 Å². The van der Waals surface area contributed by atoms with Crippen molar-refractivity contribution in [2.24, 2.45) is 0 Å². The van der Waals surface area contributed by atoms with E-state index < -0.39 is 37.3 Å². The number of rotatable bonds is 14. The molecule has 0 radical (unpaired) electrons. The molecule has 1 unspecified atom stereocenters. The number of anilines is 1. The van der Waals surface area contributed by atoms with Gasteiger partial charge >= 0.3 is 19.5 Å². The number of nitro benzene ring substituents is 1. The Morgan fingerprint density at radius 1 is 1.08 bits per heavy atom. The number of alkyl halides is 1. The van der Waals surface area contributed by atoms with E-state index in [9.17, 15) is 29.1 Å². The highest BCUT2D eigenvalue weighted by molar-refractivity contribution is 7.51. The van der Waals surface area contributed by atoms with Gasteiger partial charge in [-0.3, -0.25) is 29.6 Å². The van der Waals surface area contributed by atoms with E-state index in [-0.39, 0.29) is 39.9 Å². The van der Waals surface area contributed by atoms with Gasteiger partial charge in [0.05, 0.1) is 48.2 Å². The Balaban J connectivity index is 0.000000410. The van der Waals surface area contributed by atoms with E-state index in [1.165, 1.54) is 18.2 Å². The zero-order valence-corrected chi connectivity index (χ0v) is 31.5. The average Bonchev–Trinajstić information content (AvgIpc) is 3.06. The van der Waals surface area contributed by atoms with E-state index in [0.717, 1.165) is 36.4 Å². The lowest BCUT2D eigenvalue weighted by molar-refractivity contribution is -0.385. The van der Waals surface area contributed by atoms with Crippen LogP contribution in [0.15, 0.2) is 54.6 Å². The van der Waals surface area contributed by atoms with Gasteiger partial charge in [-0.25, -0.2) is 4.79 Å². The molecule has 1 atom stereocenters. The predicted octanol–water partition coefficient (Wildman–Crippen LogP) is 6.44.